The Balaban J connectivity index is 1.46. The molecule has 4 aromatic rings. The zero-order valence-corrected chi connectivity index (χ0v) is 23.5. The summed E-state index contributed by atoms with van der Waals surface area (Å²) >= 11 is 5.97. The van der Waals surface area contributed by atoms with Crippen LogP contribution in [-0.2, 0) is 11.3 Å². The number of aliphatic hydroxyl groups is 1. The maximum atomic E-state index is 10.3. The molecule has 0 bridgehead atoms. The lowest BCUT2D eigenvalue weighted by Gasteiger charge is -2.21. The monoisotopic (exact) mass is 549 g/mol. The van der Waals surface area contributed by atoms with Crippen LogP contribution in [0.4, 0.5) is 0 Å². The van der Waals surface area contributed by atoms with E-state index in [2.05, 4.69) is 18.7 Å². The summed E-state index contributed by atoms with van der Waals surface area (Å²) < 4.78 is 19.5. The molecular formula is C31H36ClN3O4. The average molecular weight is 550 g/mol. The van der Waals surface area contributed by atoms with E-state index in [0.717, 1.165) is 47.4 Å². The van der Waals surface area contributed by atoms with Crippen molar-refractivity contribution in [3.05, 3.63) is 89.8 Å². The molecule has 0 amide bonds. The number of imidazole rings is 1. The number of nitrogens with zero attached hydrogens (tertiary/aromatic N) is 3. The fourth-order valence-corrected chi connectivity index (χ4v) is 4.26. The number of aliphatic hydroxyl groups excluding tert-OH is 1. The molecule has 0 aliphatic carbocycles. The number of hydrogen-bond acceptors (Lipinski definition) is 6. The predicted octanol–water partition coefficient (Wildman–Crippen LogP) is 6.60. The Labute approximate surface area is 235 Å². The van der Waals surface area contributed by atoms with Crippen molar-refractivity contribution in [2.24, 2.45) is 0 Å². The van der Waals surface area contributed by atoms with Gasteiger partial charge in [0.25, 0.3) is 0 Å². The maximum absolute atomic E-state index is 10.3. The molecular weight excluding hydrogens is 514 g/mol. The van der Waals surface area contributed by atoms with Crippen molar-refractivity contribution < 1.29 is 19.3 Å². The lowest BCUT2D eigenvalue weighted by Crippen LogP contribution is -2.35. The van der Waals surface area contributed by atoms with E-state index < -0.39 is 6.10 Å². The summed E-state index contributed by atoms with van der Waals surface area (Å²) in [6, 6.07) is 22.9. The zero-order valence-electron chi connectivity index (χ0n) is 22.7. The van der Waals surface area contributed by atoms with Crippen molar-refractivity contribution in [3.8, 4) is 34.2 Å². The third-order valence-corrected chi connectivity index (χ3v) is 6.59. The summed E-state index contributed by atoms with van der Waals surface area (Å²) in [7, 11) is 0. The Morgan fingerprint density at radius 1 is 0.872 bits per heavy atom. The molecule has 8 heteroatoms. The minimum Gasteiger partial charge on any atom is -0.491 e. The Morgan fingerprint density at radius 3 is 2.10 bits per heavy atom. The van der Waals surface area contributed by atoms with Gasteiger partial charge in [0.05, 0.1) is 5.69 Å². The summed E-state index contributed by atoms with van der Waals surface area (Å²) in [4.78, 5) is 7.03. The Kier molecular flexibility index (Phi) is 10.4. The molecule has 206 valence electrons. The molecule has 0 aliphatic rings. The second-order valence-electron chi connectivity index (χ2n) is 9.07. The van der Waals surface area contributed by atoms with Crippen LogP contribution in [0.25, 0.3) is 16.9 Å². The van der Waals surface area contributed by atoms with Crippen LogP contribution in [0.15, 0.2) is 79.0 Å². The Morgan fingerprint density at radius 2 is 1.49 bits per heavy atom. The van der Waals surface area contributed by atoms with E-state index in [1.54, 1.807) is 12.1 Å². The van der Waals surface area contributed by atoms with E-state index in [0.29, 0.717) is 30.5 Å². The van der Waals surface area contributed by atoms with Gasteiger partial charge in [-0.1, -0.05) is 25.4 Å². The molecule has 1 aromatic heterocycles. The van der Waals surface area contributed by atoms with Gasteiger partial charge in [0.15, 0.2) is 0 Å². The largest absolute Gasteiger partial charge is 0.491 e. The second-order valence-corrected chi connectivity index (χ2v) is 9.51. The van der Waals surface area contributed by atoms with E-state index in [-0.39, 0.29) is 6.61 Å². The third kappa shape index (κ3) is 8.07. The second kappa shape index (κ2) is 14.1. The van der Waals surface area contributed by atoms with Gasteiger partial charge in [0, 0.05) is 35.6 Å². The fourth-order valence-electron chi connectivity index (χ4n) is 4.14. The van der Waals surface area contributed by atoms with Gasteiger partial charge in [-0.25, -0.2) is 4.98 Å². The van der Waals surface area contributed by atoms with Crippen molar-refractivity contribution in [2.45, 2.75) is 33.5 Å². The summed E-state index contributed by atoms with van der Waals surface area (Å²) in [5.41, 5.74) is 2.75. The van der Waals surface area contributed by atoms with E-state index in [1.807, 2.05) is 78.4 Å². The first-order valence-corrected chi connectivity index (χ1v) is 13.7. The SMILES string of the molecule is CCOCc1nc(-c2ccc(OC[C@H](O)CN(CC)CC)cc2)cn1-c1ccc(Oc2ccc(Cl)cc2)cc1. The quantitative estimate of drug-likeness (QED) is 0.191. The number of aromatic nitrogens is 2. The highest BCUT2D eigenvalue weighted by molar-refractivity contribution is 6.30. The summed E-state index contributed by atoms with van der Waals surface area (Å²) in [6.45, 7) is 9.79. The maximum Gasteiger partial charge on any atom is 0.140 e. The van der Waals surface area contributed by atoms with Crippen molar-refractivity contribution in [1.29, 1.82) is 0 Å². The molecule has 0 fully saturated rings. The first kappa shape index (κ1) is 28.6. The summed E-state index contributed by atoms with van der Waals surface area (Å²) in [6.07, 6.45) is 1.47. The van der Waals surface area contributed by atoms with Crippen LogP contribution in [0.1, 0.15) is 26.6 Å². The minimum absolute atomic E-state index is 0.251. The molecule has 0 unspecified atom stereocenters. The van der Waals surface area contributed by atoms with Crippen LogP contribution in [0.5, 0.6) is 17.2 Å². The van der Waals surface area contributed by atoms with Gasteiger partial charge in [-0.3, -0.25) is 0 Å². The molecule has 1 N–H and O–H groups in total. The Hall–Kier alpha value is -3.36. The normalized spacial score (nSPS) is 12.1. The molecule has 1 atom stereocenters. The van der Waals surface area contributed by atoms with Gasteiger partial charge in [0.2, 0.25) is 0 Å². The first-order chi connectivity index (χ1) is 19.0. The van der Waals surface area contributed by atoms with E-state index >= 15 is 0 Å². The van der Waals surface area contributed by atoms with Gasteiger partial charge in [-0.15, -0.1) is 0 Å². The van der Waals surface area contributed by atoms with Crippen LogP contribution in [0, 0.1) is 0 Å². The smallest absolute Gasteiger partial charge is 0.140 e. The number of rotatable bonds is 14. The molecule has 4 rings (SSSR count). The van der Waals surface area contributed by atoms with Crippen LogP contribution >= 0.6 is 11.6 Å². The molecule has 0 radical (unpaired) electrons. The Bertz CT molecular complexity index is 1290. The van der Waals surface area contributed by atoms with Gasteiger partial charge in [-0.05, 0) is 92.8 Å². The number of halogens is 1. The molecule has 0 aliphatic heterocycles. The van der Waals surface area contributed by atoms with Crippen molar-refractivity contribution in [3.63, 3.8) is 0 Å². The van der Waals surface area contributed by atoms with Gasteiger partial charge in [0.1, 0.15) is 42.4 Å². The van der Waals surface area contributed by atoms with Crippen LogP contribution in [0.3, 0.4) is 0 Å². The topological polar surface area (TPSA) is 69.0 Å². The molecule has 0 saturated heterocycles. The molecule has 0 spiro atoms. The highest BCUT2D eigenvalue weighted by atomic mass is 35.5. The van der Waals surface area contributed by atoms with Crippen LogP contribution in [0.2, 0.25) is 5.02 Å². The minimum atomic E-state index is -0.538. The van der Waals surface area contributed by atoms with Crippen molar-refractivity contribution >= 4 is 11.6 Å². The highest BCUT2D eigenvalue weighted by Gasteiger charge is 2.13. The van der Waals surface area contributed by atoms with Gasteiger partial charge in [-0.2, -0.15) is 0 Å². The number of ether oxygens (including phenoxy) is 3. The van der Waals surface area contributed by atoms with Gasteiger partial charge >= 0.3 is 0 Å². The first-order valence-electron chi connectivity index (χ1n) is 13.3. The van der Waals surface area contributed by atoms with E-state index in [4.69, 9.17) is 30.8 Å². The zero-order chi connectivity index (χ0) is 27.6. The predicted molar refractivity (Wildman–Crippen MR) is 155 cm³/mol. The van der Waals surface area contributed by atoms with Gasteiger partial charge < -0.3 is 28.8 Å². The third-order valence-electron chi connectivity index (χ3n) is 6.33. The number of likely N-dealkylation sites (N-methyl/N-ethyl adjacent to an activating group) is 1. The van der Waals surface area contributed by atoms with E-state index in [1.165, 1.54) is 0 Å². The molecule has 0 saturated carbocycles. The lowest BCUT2D eigenvalue weighted by atomic mass is 10.1. The van der Waals surface area contributed by atoms with Crippen LogP contribution < -0.4 is 9.47 Å². The van der Waals surface area contributed by atoms with Crippen molar-refractivity contribution in [2.75, 3.05) is 32.8 Å². The molecule has 7 nitrogen and oxygen atoms in total. The highest BCUT2D eigenvalue weighted by Crippen LogP contribution is 2.27. The average Bonchev–Trinajstić information content (AvgIpc) is 3.39. The molecule has 3 aromatic carbocycles. The number of benzene rings is 3. The lowest BCUT2D eigenvalue weighted by molar-refractivity contribution is 0.0716. The van der Waals surface area contributed by atoms with Crippen molar-refractivity contribution in [1.82, 2.24) is 14.5 Å². The van der Waals surface area contributed by atoms with E-state index in [9.17, 15) is 5.11 Å². The summed E-state index contributed by atoms with van der Waals surface area (Å²) in [5, 5.41) is 11.0. The molecule has 1 heterocycles. The van der Waals surface area contributed by atoms with Crippen LogP contribution in [-0.4, -0.2) is 58.5 Å². The fraction of sp³-hybridized carbons (Fsp3) is 0.323. The number of hydrogen-bond donors (Lipinski definition) is 1. The summed E-state index contributed by atoms with van der Waals surface area (Å²) in [5.74, 6) is 2.96. The molecule has 39 heavy (non-hydrogen) atoms. The standard InChI is InChI=1S/C31H36ClN3O4/c1-4-34(5-2)19-26(36)21-38-27-13-7-23(8-14-27)30-20-35(31(33-30)22-37-6-3)25-11-17-29(18-12-25)39-28-15-9-24(32)10-16-28/h7-18,20,26,36H,4-6,19,21-22H2,1-3H3/t26-/m1/s1.